The molecule has 0 aliphatic rings. The predicted molar refractivity (Wildman–Crippen MR) is 79.0 cm³/mol. The topological polar surface area (TPSA) is 43.8 Å². The molecule has 0 radical (unpaired) electrons. The average Bonchev–Trinajstić information content (AvgIpc) is 2.88. The van der Waals surface area contributed by atoms with Crippen molar-refractivity contribution in [1.29, 1.82) is 0 Å². The number of rotatable bonds is 6. The Morgan fingerprint density at radius 1 is 1.26 bits per heavy atom. The molecule has 0 saturated carbocycles. The second-order valence-corrected chi connectivity index (χ2v) is 5.23. The van der Waals surface area contributed by atoms with Gasteiger partial charge in [0.15, 0.2) is 0 Å². The lowest BCUT2D eigenvalue weighted by molar-refractivity contribution is 0.389. The minimum Gasteiger partial charge on any atom is -0.330 e. The first-order valence-electron chi connectivity index (χ1n) is 6.93. The van der Waals surface area contributed by atoms with Crippen molar-refractivity contribution in [1.82, 2.24) is 9.78 Å². The highest BCUT2D eigenvalue weighted by atomic mass is 15.2. The van der Waals surface area contributed by atoms with Crippen LogP contribution in [-0.4, -0.2) is 16.3 Å². The minimum absolute atomic E-state index is 0.0805. The van der Waals surface area contributed by atoms with Crippen LogP contribution in [0, 0.1) is 0 Å². The SMILES string of the molecule is CCC(CN)(CCc1cnn(C)c1)c1ccccc1. The molecule has 1 atom stereocenters. The lowest BCUT2D eigenvalue weighted by Gasteiger charge is -2.32. The maximum Gasteiger partial charge on any atom is 0.0521 e. The van der Waals surface area contributed by atoms with Crippen molar-refractivity contribution in [3.05, 3.63) is 53.9 Å². The van der Waals surface area contributed by atoms with E-state index >= 15 is 0 Å². The first kappa shape index (κ1) is 13.8. The molecule has 1 heterocycles. The molecule has 0 amide bonds. The fourth-order valence-corrected chi connectivity index (χ4v) is 2.67. The van der Waals surface area contributed by atoms with Gasteiger partial charge >= 0.3 is 0 Å². The number of nitrogens with two attached hydrogens (primary N) is 1. The molecule has 3 heteroatoms. The molecule has 0 aliphatic carbocycles. The van der Waals surface area contributed by atoms with Gasteiger partial charge in [-0.1, -0.05) is 37.3 Å². The summed E-state index contributed by atoms with van der Waals surface area (Å²) in [5, 5.41) is 4.23. The Balaban J connectivity index is 2.16. The summed E-state index contributed by atoms with van der Waals surface area (Å²) < 4.78 is 1.86. The molecule has 2 aromatic rings. The summed E-state index contributed by atoms with van der Waals surface area (Å²) >= 11 is 0. The average molecular weight is 257 g/mol. The molecule has 0 bridgehead atoms. The van der Waals surface area contributed by atoms with Crippen LogP contribution >= 0.6 is 0 Å². The van der Waals surface area contributed by atoms with E-state index in [1.165, 1.54) is 11.1 Å². The highest BCUT2D eigenvalue weighted by Crippen LogP contribution is 2.31. The van der Waals surface area contributed by atoms with Gasteiger partial charge in [-0.05, 0) is 30.4 Å². The Kier molecular flexibility index (Phi) is 4.38. The molecule has 0 fully saturated rings. The summed E-state index contributed by atoms with van der Waals surface area (Å²) in [6.45, 7) is 2.91. The Labute approximate surface area is 115 Å². The van der Waals surface area contributed by atoms with Crippen molar-refractivity contribution in [2.75, 3.05) is 6.54 Å². The number of hydrogen-bond acceptors (Lipinski definition) is 2. The smallest absolute Gasteiger partial charge is 0.0521 e. The molecule has 0 saturated heterocycles. The van der Waals surface area contributed by atoms with E-state index in [4.69, 9.17) is 5.73 Å². The molecule has 2 rings (SSSR count). The van der Waals surface area contributed by atoms with E-state index in [0.717, 1.165) is 19.3 Å². The summed E-state index contributed by atoms with van der Waals surface area (Å²) in [4.78, 5) is 0. The number of aromatic nitrogens is 2. The van der Waals surface area contributed by atoms with Crippen LogP contribution in [0.15, 0.2) is 42.7 Å². The van der Waals surface area contributed by atoms with Crippen molar-refractivity contribution < 1.29 is 0 Å². The molecule has 1 aromatic heterocycles. The lowest BCUT2D eigenvalue weighted by atomic mass is 9.74. The summed E-state index contributed by atoms with van der Waals surface area (Å²) in [6, 6.07) is 10.6. The first-order valence-corrected chi connectivity index (χ1v) is 6.93. The molecule has 2 N–H and O–H groups in total. The van der Waals surface area contributed by atoms with E-state index in [9.17, 15) is 0 Å². The Morgan fingerprint density at radius 2 is 2.00 bits per heavy atom. The van der Waals surface area contributed by atoms with Crippen LogP contribution in [0.2, 0.25) is 0 Å². The van der Waals surface area contributed by atoms with Crippen molar-refractivity contribution in [2.45, 2.75) is 31.6 Å². The maximum absolute atomic E-state index is 6.10. The molecule has 3 nitrogen and oxygen atoms in total. The van der Waals surface area contributed by atoms with Crippen molar-refractivity contribution >= 4 is 0 Å². The van der Waals surface area contributed by atoms with Crippen molar-refractivity contribution in [3.8, 4) is 0 Å². The van der Waals surface area contributed by atoms with E-state index in [1.807, 2.05) is 17.9 Å². The van der Waals surface area contributed by atoms with E-state index in [-0.39, 0.29) is 5.41 Å². The number of nitrogens with zero attached hydrogens (tertiary/aromatic N) is 2. The van der Waals surface area contributed by atoms with Gasteiger partial charge in [0.1, 0.15) is 0 Å². The molecular weight excluding hydrogens is 234 g/mol. The van der Waals surface area contributed by atoms with Crippen LogP contribution in [0.5, 0.6) is 0 Å². The molecule has 0 aliphatic heterocycles. The van der Waals surface area contributed by atoms with E-state index < -0.39 is 0 Å². The summed E-state index contributed by atoms with van der Waals surface area (Å²) in [5.41, 5.74) is 8.81. The van der Waals surface area contributed by atoms with Gasteiger partial charge in [0.25, 0.3) is 0 Å². The standard InChI is InChI=1S/C16H23N3/c1-3-16(13-17,15-7-5-4-6-8-15)10-9-14-11-18-19(2)12-14/h4-8,11-12H,3,9-10,13,17H2,1-2H3. The van der Waals surface area contributed by atoms with Crippen LogP contribution in [-0.2, 0) is 18.9 Å². The van der Waals surface area contributed by atoms with Gasteiger partial charge in [-0.2, -0.15) is 5.10 Å². The molecular formula is C16H23N3. The third kappa shape index (κ3) is 3.04. The highest BCUT2D eigenvalue weighted by Gasteiger charge is 2.28. The summed E-state index contributed by atoms with van der Waals surface area (Å²) in [6.07, 6.45) is 7.18. The fourth-order valence-electron chi connectivity index (χ4n) is 2.67. The monoisotopic (exact) mass is 257 g/mol. The number of benzene rings is 1. The zero-order chi connectivity index (χ0) is 13.7. The van der Waals surface area contributed by atoms with Gasteiger partial charge in [-0.3, -0.25) is 4.68 Å². The second-order valence-electron chi connectivity index (χ2n) is 5.23. The van der Waals surface area contributed by atoms with Crippen molar-refractivity contribution in [2.24, 2.45) is 12.8 Å². The number of aryl methyl sites for hydroxylation is 2. The largest absolute Gasteiger partial charge is 0.330 e. The molecule has 1 aromatic carbocycles. The quantitative estimate of drug-likeness (QED) is 0.864. The van der Waals surface area contributed by atoms with Gasteiger partial charge in [0, 0.05) is 25.2 Å². The summed E-state index contributed by atoms with van der Waals surface area (Å²) in [5.74, 6) is 0. The predicted octanol–water partition coefficient (Wildman–Crippen LogP) is 2.66. The lowest BCUT2D eigenvalue weighted by Crippen LogP contribution is -2.35. The third-order valence-corrected chi connectivity index (χ3v) is 4.10. The Hall–Kier alpha value is -1.61. The molecule has 102 valence electrons. The normalized spacial score (nSPS) is 14.3. The van der Waals surface area contributed by atoms with Gasteiger partial charge in [-0.15, -0.1) is 0 Å². The van der Waals surface area contributed by atoms with Gasteiger partial charge in [-0.25, -0.2) is 0 Å². The zero-order valence-corrected chi connectivity index (χ0v) is 11.8. The molecule has 0 spiro atoms. The van der Waals surface area contributed by atoms with Crippen LogP contribution in [0.3, 0.4) is 0 Å². The van der Waals surface area contributed by atoms with Crippen LogP contribution in [0.25, 0.3) is 0 Å². The van der Waals surface area contributed by atoms with Crippen molar-refractivity contribution in [3.63, 3.8) is 0 Å². The zero-order valence-electron chi connectivity index (χ0n) is 11.8. The third-order valence-electron chi connectivity index (χ3n) is 4.10. The van der Waals surface area contributed by atoms with Crippen LogP contribution in [0.4, 0.5) is 0 Å². The van der Waals surface area contributed by atoms with E-state index in [2.05, 4.69) is 48.6 Å². The highest BCUT2D eigenvalue weighted by molar-refractivity contribution is 5.26. The first-order chi connectivity index (χ1) is 9.20. The fraction of sp³-hybridized carbons (Fsp3) is 0.438. The van der Waals surface area contributed by atoms with Gasteiger partial charge in [0.05, 0.1) is 6.20 Å². The minimum atomic E-state index is 0.0805. The maximum atomic E-state index is 6.10. The second kappa shape index (κ2) is 6.02. The van der Waals surface area contributed by atoms with E-state index in [0.29, 0.717) is 6.54 Å². The molecule has 1 unspecified atom stereocenters. The Morgan fingerprint density at radius 3 is 2.53 bits per heavy atom. The summed E-state index contributed by atoms with van der Waals surface area (Å²) in [7, 11) is 1.96. The number of hydrogen-bond donors (Lipinski definition) is 1. The van der Waals surface area contributed by atoms with Crippen LogP contribution in [0.1, 0.15) is 30.9 Å². The Bertz CT molecular complexity index is 498. The van der Waals surface area contributed by atoms with E-state index in [1.54, 1.807) is 0 Å². The van der Waals surface area contributed by atoms with Gasteiger partial charge < -0.3 is 5.73 Å². The van der Waals surface area contributed by atoms with Gasteiger partial charge in [0.2, 0.25) is 0 Å². The van der Waals surface area contributed by atoms with Crippen LogP contribution < -0.4 is 5.73 Å². The molecule has 19 heavy (non-hydrogen) atoms.